The molecule has 118 valence electrons. The van der Waals surface area contributed by atoms with Gasteiger partial charge in [-0.2, -0.15) is 0 Å². The van der Waals surface area contributed by atoms with E-state index < -0.39 is 0 Å². The highest BCUT2D eigenvalue weighted by Gasteiger charge is 2.30. The second-order valence-corrected chi connectivity index (χ2v) is 6.18. The van der Waals surface area contributed by atoms with Crippen molar-refractivity contribution >= 4 is 5.91 Å². The number of benzene rings is 2. The fourth-order valence-corrected chi connectivity index (χ4v) is 3.71. The van der Waals surface area contributed by atoms with Crippen molar-refractivity contribution in [2.24, 2.45) is 0 Å². The molecular weight excluding hydrogens is 282 g/mol. The molecule has 1 atom stereocenters. The monoisotopic (exact) mass is 305 g/mol. The Hall–Kier alpha value is -2.35. The number of carbonyl (C=O) groups excluding carboxylic acids is 1. The summed E-state index contributed by atoms with van der Waals surface area (Å²) in [6, 6.07) is 15.0. The maximum Gasteiger partial charge on any atom is 0.246 e. The van der Waals surface area contributed by atoms with Crippen LogP contribution in [0.15, 0.2) is 55.1 Å². The Morgan fingerprint density at radius 3 is 2.78 bits per heavy atom. The molecule has 1 amide bonds. The summed E-state index contributed by atoms with van der Waals surface area (Å²) >= 11 is 0. The minimum Gasteiger partial charge on any atom is -0.334 e. The molecule has 1 aliphatic heterocycles. The molecule has 2 aromatic carbocycles. The van der Waals surface area contributed by atoms with Gasteiger partial charge in [0.2, 0.25) is 5.91 Å². The highest BCUT2D eigenvalue weighted by Crippen LogP contribution is 2.37. The molecule has 0 spiro atoms. The van der Waals surface area contributed by atoms with Crippen LogP contribution in [-0.2, 0) is 17.8 Å². The van der Waals surface area contributed by atoms with Crippen LogP contribution in [0.4, 0.5) is 0 Å². The average molecular weight is 305 g/mol. The predicted octanol–water partition coefficient (Wildman–Crippen LogP) is 4.22. The number of nitrogens with zero attached hydrogens (tertiary/aromatic N) is 1. The van der Waals surface area contributed by atoms with Gasteiger partial charge in [0.25, 0.3) is 0 Å². The topological polar surface area (TPSA) is 20.3 Å². The van der Waals surface area contributed by atoms with E-state index in [4.69, 9.17) is 0 Å². The fraction of sp³-hybridized carbons (Fsp3) is 0.286. The van der Waals surface area contributed by atoms with Crippen LogP contribution in [0.1, 0.15) is 40.7 Å². The van der Waals surface area contributed by atoms with E-state index in [-0.39, 0.29) is 11.8 Å². The van der Waals surface area contributed by atoms with Gasteiger partial charge < -0.3 is 4.90 Å². The zero-order chi connectivity index (χ0) is 16.4. The number of hydrogen-bond acceptors (Lipinski definition) is 1. The van der Waals surface area contributed by atoms with Gasteiger partial charge in [-0.3, -0.25) is 4.79 Å². The number of amides is 1. The van der Waals surface area contributed by atoms with E-state index in [1.165, 1.54) is 33.9 Å². The lowest BCUT2D eigenvalue weighted by Crippen LogP contribution is -2.38. The van der Waals surface area contributed by atoms with E-state index in [2.05, 4.69) is 62.9 Å². The molecule has 0 aliphatic carbocycles. The van der Waals surface area contributed by atoms with Crippen molar-refractivity contribution < 1.29 is 4.79 Å². The van der Waals surface area contributed by atoms with Crippen LogP contribution in [0.25, 0.3) is 0 Å². The average Bonchev–Trinajstić information content (AvgIpc) is 2.60. The van der Waals surface area contributed by atoms with Gasteiger partial charge in [-0.15, -0.1) is 0 Å². The summed E-state index contributed by atoms with van der Waals surface area (Å²) in [5, 5.41) is 0. The third-order valence-corrected chi connectivity index (χ3v) is 4.82. The summed E-state index contributed by atoms with van der Waals surface area (Å²) in [5.41, 5.74) is 6.65. The molecule has 1 heterocycles. The van der Waals surface area contributed by atoms with Gasteiger partial charge in [0.05, 0.1) is 0 Å². The SMILES string of the molecule is C=CC(=O)N1Cc2cccc(C)c2[C@H](c2ccccc2CC)C1. The van der Waals surface area contributed by atoms with Gasteiger partial charge >= 0.3 is 0 Å². The predicted molar refractivity (Wildman–Crippen MR) is 94.5 cm³/mol. The van der Waals surface area contributed by atoms with Crippen molar-refractivity contribution in [1.82, 2.24) is 4.90 Å². The molecule has 0 saturated carbocycles. The summed E-state index contributed by atoms with van der Waals surface area (Å²) in [7, 11) is 0. The molecule has 1 aliphatic rings. The maximum absolute atomic E-state index is 12.2. The summed E-state index contributed by atoms with van der Waals surface area (Å²) in [5.74, 6) is 0.246. The smallest absolute Gasteiger partial charge is 0.246 e. The molecule has 2 aromatic rings. The number of carbonyl (C=O) groups is 1. The van der Waals surface area contributed by atoms with Crippen LogP contribution in [0.5, 0.6) is 0 Å². The van der Waals surface area contributed by atoms with Crippen LogP contribution in [0, 0.1) is 6.92 Å². The quantitative estimate of drug-likeness (QED) is 0.778. The van der Waals surface area contributed by atoms with Crippen LogP contribution < -0.4 is 0 Å². The summed E-state index contributed by atoms with van der Waals surface area (Å²) in [6.45, 7) is 9.40. The Balaban J connectivity index is 2.14. The van der Waals surface area contributed by atoms with Crippen molar-refractivity contribution in [3.63, 3.8) is 0 Å². The Kier molecular flexibility index (Phi) is 4.33. The zero-order valence-corrected chi connectivity index (χ0v) is 13.9. The van der Waals surface area contributed by atoms with Crippen LogP contribution in [0.2, 0.25) is 0 Å². The molecule has 0 radical (unpaired) electrons. The van der Waals surface area contributed by atoms with Gasteiger partial charge in [-0.05, 0) is 47.2 Å². The first kappa shape index (κ1) is 15.5. The van der Waals surface area contributed by atoms with E-state index in [0.717, 1.165) is 13.0 Å². The molecule has 2 heteroatoms. The Morgan fingerprint density at radius 2 is 2.04 bits per heavy atom. The summed E-state index contributed by atoms with van der Waals surface area (Å²) in [6.07, 6.45) is 2.42. The maximum atomic E-state index is 12.2. The lowest BCUT2D eigenvalue weighted by Gasteiger charge is -2.36. The van der Waals surface area contributed by atoms with Crippen LogP contribution in [0.3, 0.4) is 0 Å². The lowest BCUT2D eigenvalue weighted by molar-refractivity contribution is -0.127. The minimum atomic E-state index is 0.0103. The Morgan fingerprint density at radius 1 is 1.26 bits per heavy atom. The lowest BCUT2D eigenvalue weighted by atomic mass is 9.80. The van der Waals surface area contributed by atoms with Gasteiger partial charge in [-0.25, -0.2) is 0 Å². The molecule has 0 unspecified atom stereocenters. The van der Waals surface area contributed by atoms with E-state index in [0.29, 0.717) is 6.54 Å². The van der Waals surface area contributed by atoms with Gasteiger partial charge in [0.1, 0.15) is 0 Å². The first-order valence-electron chi connectivity index (χ1n) is 8.23. The summed E-state index contributed by atoms with van der Waals surface area (Å²) < 4.78 is 0. The fourth-order valence-electron chi connectivity index (χ4n) is 3.71. The second-order valence-electron chi connectivity index (χ2n) is 6.18. The third kappa shape index (κ3) is 2.81. The number of fused-ring (bicyclic) bond motifs is 1. The first-order valence-corrected chi connectivity index (χ1v) is 8.23. The van der Waals surface area contributed by atoms with E-state index in [1.54, 1.807) is 0 Å². The largest absolute Gasteiger partial charge is 0.334 e. The van der Waals surface area contributed by atoms with Gasteiger partial charge in [-0.1, -0.05) is 56.0 Å². The van der Waals surface area contributed by atoms with Crippen molar-refractivity contribution in [3.05, 3.63) is 82.9 Å². The molecular formula is C21H23NO. The molecule has 0 saturated heterocycles. The Labute approximate surface area is 138 Å². The van der Waals surface area contributed by atoms with E-state index in [9.17, 15) is 4.79 Å². The molecule has 0 N–H and O–H groups in total. The minimum absolute atomic E-state index is 0.0103. The standard InChI is InChI=1S/C21H23NO/c1-4-16-10-6-7-12-18(16)19-14-22(20(23)5-2)13-17-11-8-9-15(3)21(17)19/h5-12,19H,2,4,13-14H2,1,3H3/t19-/m0/s1. The third-order valence-electron chi connectivity index (χ3n) is 4.82. The van der Waals surface area contributed by atoms with Crippen LogP contribution >= 0.6 is 0 Å². The van der Waals surface area contributed by atoms with E-state index >= 15 is 0 Å². The molecule has 23 heavy (non-hydrogen) atoms. The summed E-state index contributed by atoms with van der Waals surface area (Å²) in [4.78, 5) is 14.1. The normalized spacial score (nSPS) is 16.8. The molecule has 2 nitrogen and oxygen atoms in total. The van der Waals surface area contributed by atoms with E-state index in [1.807, 2.05) is 4.90 Å². The van der Waals surface area contributed by atoms with Crippen molar-refractivity contribution in [2.75, 3.05) is 6.54 Å². The molecule has 0 bridgehead atoms. The second kappa shape index (κ2) is 6.41. The Bertz CT molecular complexity index is 747. The van der Waals surface area contributed by atoms with Crippen molar-refractivity contribution in [1.29, 1.82) is 0 Å². The van der Waals surface area contributed by atoms with Crippen molar-refractivity contribution in [2.45, 2.75) is 32.7 Å². The highest BCUT2D eigenvalue weighted by atomic mass is 16.2. The van der Waals surface area contributed by atoms with Crippen LogP contribution in [-0.4, -0.2) is 17.4 Å². The first-order chi connectivity index (χ1) is 11.2. The highest BCUT2D eigenvalue weighted by molar-refractivity contribution is 5.87. The molecule has 0 fully saturated rings. The van der Waals surface area contributed by atoms with Gasteiger partial charge in [0.15, 0.2) is 0 Å². The van der Waals surface area contributed by atoms with Gasteiger partial charge in [0, 0.05) is 19.0 Å². The van der Waals surface area contributed by atoms with Crippen molar-refractivity contribution in [3.8, 4) is 0 Å². The zero-order valence-electron chi connectivity index (χ0n) is 13.9. The number of hydrogen-bond donors (Lipinski definition) is 0. The molecule has 3 rings (SSSR count). The number of rotatable bonds is 3. The molecule has 0 aromatic heterocycles. The number of aryl methyl sites for hydroxylation is 2.